The van der Waals surface area contributed by atoms with Gasteiger partial charge in [0, 0.05) is 36.3 Å². The fourth-order valence-corrected chi connectivity index (χ4v) is 2.59. The monoisotopic (exact) mass is 376 g/mol. The van der Waals surface area contributed by atoms with Gasteiger partial charge in [-0.05, 0) is 35.0 Å². The van der Waals surface area contributed by atoms with Gasteiger partial charge in [0.1, 0.15) is 5.82 Å². The summed E-state index contributed by atoms with van der Waals surface area (Å²) in [5.74, 6) is 0.770. The molecule has 0 atom stereocenters. The van der Waals surface area contributed by atoms with Crippen LogP contribution in [0.2, 0.25) is 0 Å². The number of hydrogen-bond donors (Lipinski definition) is 2. The lowest BCUT2D eigenvalue weighted by atomic mass is 10.3. The van der Waals surface area contributed by atoms with Crippen molar-refractivity contribution in [1.82, 2.24) is 30.0 Å². The van der Waals surface area contributed by atoms with E-state index in [9.17, 15) is 4.79 Å². The Bertz CT molecular complexity index is 824. The topological polar surface area (TPSA) is 88.5 Å². The highest BCUT2D eigenvalue weighted by Crippen LogP contribution is 2.15. The molecular formula is C15H17BrN6O. The highest BCUT2D eigenvalue weighted by molar-refractivity contribution is 9.10. The fourth-order valence-electron chi connectivity index (χ4n) is 2.26. The summed E-state index contributed by atoms with van der Waals surface area (Å²) in [4.78, 5) is 23.6. The minimum Gasteiger partial charge on any atom is -0.354 e. The van der Waals surface area contributed by atoms with Gasteiger partial charge in [0.15, 0.2) is 5.65 Å². The predicted octanol–water partition coefficient (Wildman–Crippen LogP) is 1.97. The number of carbonyl (C=O) groups excluding carboxylic acids is 1. The molecule has 8 heteroatoms. The van der Waals surface area contributed by atoms with E-state index in [1.54, 1.807) is 6.20 Å². The first-order chi connectivity index (χ1) is 11.1. The summed E-state index contributed by atoms with van der Waals surface area (Å²) < 4.78 is 2.71. The van der Waals surface area contributed by atoms with Crippen molar-refractivity contribution in [2.24, 2.45) is 0 Å². The molecule has 0 aliphatic carbocycles. The van der Waals surface area contributed by atoms with Gasteiger partial charge in [-0.2, -0.15) is 5.10 Å². The summed E-state index contributed by atoms with van der Waals surface area (Å²) in [6, 6.07) is 3.86. The summed E-state index contributed by atoms with van der Waals surface area (Å²) in [5.41, 5.74) is 2.50. The van der Waals surface area contributed by atoms with E-state index in [2.05, 4.69) is 41.3 Å². The Labute approximate surface area is 141 Å². The second-order valence-electron chi connectivity index (χ2n) is 5.28. The minimum absolute atomic E-state index is 0.00322. The molecule has 0 aliphatic rings. The first kappa shape index (κ1) is 15.7. The number of aromatic amines is 1. The molecular weight excluding hydrogens is 360 g/mol. The summed E-state index contributed by atoms with van der Waals surface area (Å²) in [7, 11) is 0. The van der Waals surface area contributed by atoms with Crippen molar-refractivity contribution >= 4 is 33.0 Å². The Morgan fingerprint density at radius 2 is 2.35 bits per heavy atom. The molecule has 3 aromatic heterocycles. The Balaban J connectivity index is 1.46. The molecule has 0 unspecified atom stereocenters. The number of amides is 1. The van der Waals surface area contributed by atoms with Gasteiger partial charge in [-0.3, -0.25) is 9.48 Å². The van der Waals surface area contributed by atoms with E-state index in [4.69, 9.17) is 0 Å². The number of aromatic nitrogens is 5. The number of imidazole rings is 1. The molecule has 0 bridgehead atoms. The van der Waals surface area contributed by atoms with Gasteiger partial charge in [-0.25, -0.2) is 9.97 Å². The third-order valence-corrected chi connectivity index (χ3v) is 3.81. The Kier molecular flexibility index (Phi) is 4.71. The predicted molar refractivity (Wildman–Crippen MR) is 89.9 cm³/mol. The number of hydrogen-bond acceptors (Lipinski definition) is 4. The van der Waals surface area contributed by atoms with Gasteiger partial charge in [-0.1, -0.05) is 0 Å². The maximum atomic E-state index is 11.9. The highest BCUT2D eigenvalue weighted by atomic mass is 79.9. The molecule has 1 amide bonds. The zero-order valence-corrected chi connectivity index (χ0v) is 14.3. The van der Waals surface area contributed by atoms with Crippen LogP contribution >= 0.6 is 15.9 Å². The molecule has 3 heterocycles. The molecule has 0 aliphatic heterocycles. The lowest BCUT2D eigenvalue weighted by Crippen LogP contribution is -2.27. The number of rotatable bonds is 6. The molecule has 2 N–H and O–H groups in total. The van der Waals surface area contributed by atoms with Crippen LogP contribution in [0.4, 0.5) is 0 Å². The van der Waals surface area contributed by atoms with Crippen molar-refractivity contribution in [2.75, 3.05) is 6.54 Å². The van der Waals surface area contributed by atoms with Crippen molar-refractivity contribution in [3.8, 4) is 0 Å². The Morgan fingerprint density at radius 3 is 3.13 bits per heavy atom. The number of carbonyl (C=O) groups is 1. The van der Waals surface area contributed by atoms with Crippen LogP contribution in [0, 0.1) is 6.92 Å². The SMILES string of the molecule is Cc1ccn(CCNC(=O)CCc2nc3ncc(Br)cc3[nH]2)n1. The molecule has 3 aromatic rings. The van der Waals surface area contributed by atoms with Gasteiger partial charge in [-0.15, -0.1) is 0 Å². The smallest absolute Gasteiger partial charge is 0.220 e. The second kappa shape index (κ2) is 6.91. The van der Waals surface area contributed by atoms with Crippen LogP contribution in [0.3, 0.4) is 0 Å². The molecule has 23 heavy (non-hydrogen) atoms. The van der Waals surface area contributed by atoms with Crippen LogP contribution < -0.4 is 5.32 Å². The lowest BCUT2D eigenvalue weighted by molar-refractivity contribution is -0.121. The number of fused-ring (bicyclic) bond motifs is 1. The average molecular weight is 377 g/mol. The van der Waals surface area contributed by atoms with Crippen molar-refractivity contribution in [3.05, 3.63) is 40.5 Å². The highest BCUT2D eigenvalue weighted by Gasteiger charge is 2.07. The van der Waals surface area contributed by atoms with Gasteiger partial charge < -0.3 is 10.3 Å². The minimum atomic E-state index is 0.00322. The van der Waals surface area contributed by atoms with Gasteiger partial charge in [0.05, 0.1) is 17.8 Å². The van der Waals surface area contributed by atoms with Crippen LogP contribution in [0.15, 0.2) is 29.0 Å². The Hall–Kier alpha value is -2.22. The number of nitrogens with zero attached hydrogens (tertiary/aromatic N) is 4. The Morgan fingerprint density at radius 1 is 1.48 bits per heavy atom. The van der Waals surface area contributed by atoms with Crippen LogP contribution in [-0.4, -0.2) is 37.2 Å². The summed E-state index contributed by atoms with van der Waals surface area (Å²) in [5, 5.41) is 7.16. The molecule has 0 saturated carbocycles. The lowest BCUT2D eigenvalue weighted by Gasteiger charge is -2.04. The standard InChI is InChI=1S/C15H17BrN6O/c1-10-4-6-22(21-10)7-5-17-14(23)3-2-13-19-12-8-11(16)9-18-15(12)20-13/h4,6,8-9H,2-3,5,7H2,1H3,(H,17,23)(H,18,19,20). The van der Waals surface area contributed by atoms with Crippen LogP contribution in [0.1, 0.15) is 17.9 Å². The van der Waals surface area contributed by atoms with E-state index in [0.29, 0.717) is 31.6 Å². The normalized spacial score (nSPS) is 11.0. The van der Waals surface area contributed by atoms with Crippen molar-refractivity contribution in [1.29, 1.82) is 0 Å². The van der Waals surface area contributed by atoms with Crippen LogP contribution in [-0.2, 0) is 17.8 Å². The zero-order valence-electron chi connectivity index (χ0n) is 12.7. The molecule has 0 radical (unpaired) electrons. The molecule has 0 aromatic carbocycles. The maximum absolute atomic E-state index is 11.9. The molecule has 7 nitrogen and oxygen atoms in total. The largest absolute Gasteiger partial charge is 0.354 e. The molecule has 3 rings (SSSR count). The van der Waals surface area contributed by atoms with E-state index in [-0.39, 0.29) is 5.91 Å². The van der Waals surface area contributed by atoms with E-state index in [1.165, 1.54) is 0 Å². The maximum Gasteiger partial charge on any atom is 0.220 e. The molecule has 120 valence electrons. The first-order valence-corrected chi connectivity index (χ1v) is 8.16. The third kappa shape index (κ3) is 4.16. The first-order valence-electron chi connectivity index (χ1n) is 7.37. The number of H-pyrrole nitrogens is 1. The van der Waals surface area contributed by atoms with E-state index in [0.717, 1.165) is 21.5 Å². The van der Waals surface area contributed by atoms with Crippen LogP contribution in [0.25, 0.3) is 11.2 Å². The quantitative estimate of drug-likeness (QED) is 0.688. The van der Waals surface area contributed by atoms with Crippen molar-refractivity contribution < 1.29 is 4.79 Å². The number of halogens is 1. The van der Waals surface area contributed by atoms with E-state index < -0.39 is 0 Å². The van der Waals surface area contributed by atoms with E-state index >= 15 is 0 Å². The van der Waals surface area contributed by atoms with Crippen LogP contribution in [0.5, 0.6) is 0 Å². The third-order valence-electron chi connectivity index (χ3n) is 3.38. The van der Waals surface area contributed by atoms with Gasteiger partial charge >= 0.3 is 0 Å². The molecule has 0 spiro atoms. The average Bonchev–Trinajstić information content (AvgIpc) is 3.10. The number of nitrogens with one attached hydrogen (secondary N) is 2. The number of pyridine rings is 1. The fraction of sp³-hybridized carbons (Fsp3) is 0.333. The summed E-state index contributed by atoms with van der Waals surface area (Å²) in [6.45, 7) is 3.17. The second-order valence-corrected chi connectivity index (χ2v) is 6.19. The summed E-state index contributed by atoms with van der Waals surface area (Å²) >= 11 is 3.37. The van der Waals surface area contributed by atoms with E-state index in [1.807, 2.05) is 29.9 Å². The molecule has 0 fully saturated rings. The van der Waals surface area contributed by atoms with Crippen molar-refractivity contribution in [3.63, 3.8) is 0 Å². The summed E-state index contributed by atoms with van der Waals surface area (Å²) in [6.07, 6.45) is 4.55. The van der Waals surface area contributed by atoms with Gasteiger partial charge in [0.2, 0.25) is 5.91 Å². The van der Waals surface area contributed by atoms with Crippen molar-refractivity contribution in [2.45, 2.75) is 26.3 Å². The zero-order chi connectivity index (χ0) is 16.2. The number of aryl methyl sites for hydroxylation is 2. The molecule has 0 saturated heterocycles. The van der Waals surface area contributed by atoms with Gasteiger partial charge in [0.25, 0.3) is 0 Å².